The van der Waals surface area contributed by atoms with E-state index >= 15 is 0 Å². The SMILES string of the molecule is O=C(NC(c1ccccc1)c1cccc(OCc2cc(Cl)cc(C(=O)OCCCCNC[C@@H](O)c3ccc(O)c4[nH]c(=O)ccc34)c2)c1)O[C@H]1CN2CCC1CC2. The number of unbranched alkanes of at least 4 members (excludes halogenated alkanes) is 1. The van der Waals surface area contributed by atoms with Crippen molar-refractivity contribution in [1.29, 1.82) is 0 Å². The van der Waals surface area contributed by atoms with E-state index in [2.05, 4.69) is 20.5 Å². The van der Waals surface area contributed by atoms with Crippen molar-refractivity contribution >= 4 is 34.6 Å². The molecule has 1 amide bonds. The Morgan fingerprint density at radius 2 is 1.74 bits per heavy atom. The fourth-order valence-corrected chi connectivity index (χ4v) is 7.90. The average Bonchev–Trinajstić information content (AvgIpc) is 3.22. The van der Waals surface area contributed by atoms with E-state index in [-0.39, 0.29) is 42.7 Å². The molecule has 5 N–H and O–H groups in total. The molecule has 4 aromatic carbocycles. The largest absolute Gasteiger partial charge is 0.506 e. The first-order valence-electron chi connectivity index (χ1n) is 19.4. The van der Waals surface area contributed by atoms with E-state index in [0.717, 1.165) is 43.6 Å². The minimum Gasteiger partial charge on any atom is -0.506 e. The number of H-pyrrole nitrogens is 1. The van der Waals surface area contributed by atoms with Crippen LogP contribution in [0.1, 0.15) is 70.4 Å². The molecule has 1 unspecified atom stereocenters. The number of aromatic amines is 1. The summed E-state index contributed by atoms with van der Waals surface area (Å²) in [5.74, 6) is 0.425. The number of piperidine rings is 3. The van der Waals surface area contributed by atoms with Crippen LogP contribution in [0.25, 0.3) is 10.9 Å². The number of alkyl carbamates (subject to hydrolysis) is 1. The van der Waals surface area contributed by atoms with Gasteiger partial charge >= 0.3 is 12.1 Å². The monoisotopic (exact) mass is 794 g/mol. The number of carbonyl (C=O) groups is 2. The number of rotatable bonds is 16. The van der Waals surface area contributed by atoms with Gasteiger partial charge in [0, 0.05) is 29.6 Å². The first-order chi connectivity index (χ1) is 27.7. The van der Waals surface area contributed by atoms with Crippen molar-refractivity contribution in [2.24, 2.45) is 5.92 Å². The van der Waals surface area contributed by atoms with Crippen LogP contribution in [0.5, 0.6) is 11.5 Å². The third-order valence-electron chi connectivity index (χ3n) is 10.6. The first-order valence-corrected chi connectivity index (χ1v) is 19.8. The molecule has 8 rings (SSSR count). The molecule has 3 aliphatic rings. The average molecular weight is 795 g/mol. The topological polar surface area (TPSA) is 162 Å². The number of nitrogens with one attached hydrogen (secondary N) is 3. The summed E-state index contributed by atoms with van der Waals surface area (Å²) in [6.45, 7) is 4.09. The van der Waals surface area contributed by atoms with Crippen LogP contribution in [0.15, 0.2) is 102 Å². The maximum Gasteiger partial charge on any atom is 0.408 e. The second kappa shape index (κ2) is 18.7. The van der Waals surface area contributed by atoms with Crippen LogP contribution >= 0.6 is 11.6 Å². The number of ether oxygens (including phenoxy) is 3. The third kappa shape index (κ3) is 10.3. The van der Waals surface area contributed by atoms with Gasteiger partial charge in [-0.05, 0) is 116 Å². The van der Waals surface area contributed by atoms with Gasteiger partial charge in [-0.2, -0.15) is 0 Å². The van der Waals surface area contributed by atoms with E-state index < -0.39 is 24.2 Å². The molecule has 298 valence electrons. The van der Waals surface area contributed by atoms with E-state index in [0.29, 0.717) is 58.2 Å². The molecule has 2 bridgehead atoms. The van der Waals surface area contributed by atoms with Crippen LogP contribution < -0.4 is 20.9 Å². The van der Waals surface area contributed by atoms with E-state index in [9.17, 15) is 24.6 Å². The van der Waals surface area contributed by atoms with Gasteiger partial charge < -0.3 is 40.0 Å². The van der Waals surface area contributed by atoms with Crippen LogP contribution in [-0.4, -0.2) is 77.6 Å². The highest BCUT2D eigenvalue weighted by atomic mass is 35.5. The quantitative estimate of drug-likeness (QED) is 0.0541. The van der Waals surface area contributed by atoms with Crippen LogP contribution in [0.3, 0.4) is 0 Å². The number of aromatic hydroxyl groups is 1. The Bertz CT molecular complexity index is 2230. The molecule has 3 saturated heterocycles. The first kappa shape index (κ1) is 39.8. The zero-order valence-corrected chi connectivity index (χ0v) is 32.3. The number of amides is 1. The maximum atomic E-state index is 13.2. The molecule has 0 saturated carbocycles. The fourth-order valence-electron chi connectivity index (χ4n) is 7.64. The normalized spacial score (nSPS) is 18.5. The van der Waals surface area contributed by atoms with Crippen LogP contribution in [0, 0.1) is 5.92 Å². The number of carbonyl (C=O) groups excluding carboxylic acids is 2. The van der Waals surface area contributed by atoms with E-state index in [1.165, 1.54) is 12.1 Å². The lowest BCUT2D eigenvalue weighted by Gasteiger charge is -2.43. The Morgan fingerprint density at radius 3 is 2.53 bits per heavy atom. The number of hydrogen-bond donors (Lipinski definition) is 5. The minimum atomic E-state index is -0.861. The summed E-state index contributed by atoms with van der Waals surface area (Å²) in [4.78, 5) is 42.8. The standard InChI is InChI=1S/C44H47ClN4O8/c45-33-22-28(21-32(23-33)43(53)55-20-5-4-17-46-25-38(51)35-11-13-37(50)42-36(35)12-14-40(52)47-42)27-56-34-10-6-9-31(24-34)41(30-7-2-1-3-8-30)48-44(54)57-39-26-49-18-15-29(39)16-19-49/h1-3,6-14,21-24,29,38-39,41,46,50-51H,4-5,15-20,25-27H2,(H,47,52)(H,48,54)/t38-,39+,41?/m1/s1. The van der Waals surface area contributed by atoms with Crippen molar-refractivity contribution in [3.63, 3.8) is 0 Å². The number of aliphatic hydroxyl groups is 1. The molecule has 4 heterocycles. The lowest BCUT2D eigenvalue weighted by atomic mass is 9.86. The highest BCUT2D eigenvalue weighted by Gasteiger charge is 2.37. The Hall–Kier alpha value is -5.40. The second-order valence-corrected chi connectivity index (χ2v) is 15.1. The number of phenolic OH excluding ortho intramolecular Hbond substituents is 1. The van der Waals surface area contributed by atoms with Crippen molar-refractivity contribution < 1.29 is 34.0 Å². The van der Waals surface area contributed by atoms with Gasteiger partial charge in [-0.25, -0.2) is 9.59 Å². The molecule has 57 heavy (non-hydrogen) atoms. The molecule has 12 nitrogen and oxygen atoms in total. The summed E-state index contributed by atoms with van der Waals surface area (Å²) >= 11 is 6.41. The lowest BCUT2D eigenvalue weighted by molar-refractivity contribution is -0.0336. The summed E-state index contributed by atoms with van der Waals surface area (Å²) < 4.78 is 17.7. The van der Waals surface area contributed by atoms with Crippen LogP contribution in [-0.2, 0) is 16.1 Å². The van der Waals surface area contributed by atoms with Gasteiger partial charge in [0.1, 0.15) is 24.2 Å². The smallest absolute Gasteiger partial charge is 0.408 e. The zero-order valence-electron chi connectivity index (χ0n) is 31.5. The zero-order chi connectivity index (χ0) is 39.7. The van der Waals surface area contributed by atoms with Gasteiger partial charge in [0.25, 0.3) is 0 Å². The van der Waals surface area contributed by atoms with E-state index in [1.807, 2.05) is 54.6 Å². The minimum absolute atomic E-state index is 0.0630. The number of aromatic nitrogens is 1. The fraction of sp³-hybridized carbons (Fsp3) is 0.341. The van der Waals surface area contributed by atoms with Crippen molar-refractivity contribution in [1.82, 2.24) is 20.5 Å². The number of aliphatic hydroxyl groups excluding tert-OH is 1. The Kier molecular flexibility index (Phi) is 13.1. The highest BCUT2D eigenvalue weighted by molar-refractivity contribution is 6.31. The van der Waals surface area contributed by atoms with Gasteiger partial charge in [0.05, 0.1) is 29.8 Å². The van der Waals surface area contributed by atoms with Crippen molar-refractivity contribution in [3.05, 3.63) is 140 Å². The third-order valence-corrected chi connectivity index (χ3v) is 10.8. The molecule has 0 spiro atoms. The summed E-state index contributed by atoms with van der Waals surface area (Å²) in [5, 5.41) is 28.1. The lowest BCUT2D eigenvalue weighted by Crippen LogP contribution is -2.52. The van der Waals surface area contributed by atoms with Gasteiger partial charge in [0.2, 0.25) is 5.56 Å². The Morgan fingerprint density at radius 1 is 0.930 bits per heavy atom. The number of benzene rings is 4. The Balaban J connectivity index is 0.883. The summed E-state index contributed by atoms with van der Waals surface area (Å²) in [7, 11) is 0. The summed E-state index contributed by atoms with van der Waals surface area (Å²) in [6.07, 6.45) is 1.99. The molecular weight excluding hydrogens is 748 g/mol. The van der Waals surface area contributed by atoms with Gasteiger partial charge in [0.15, 0.2) is 0 Å². The number of esters is 1. The molecule has 0 radical (unpaired) electrons. The Labute approximate surface area is 335 Å². The molecule has 3 fully saturated rings. The number of phenols is 1. The van der Waals surface area contributed by atoms with Gasteiger partial charge in [-0.15, -0.1) is 0 Å². The predicted molar refractivity (Wildman–Crippen MR) is 217 cm³/mol. The van der Waals surface area contributed by atoms with Crippen molar-refractivity contribution in [2.45, 2.75) is 50.5 Å². The molecule has 3 aliphatic heterocycles. The number of fused-ring (bicyclic) bond motifs is 4. The summed E-state index contributed by atoms with van der Waals surface area (Å²) in [5.41, 5.74) is 3.27. The van der Waals surface area contributed by atoms with E-state index in [1.54, 1.807) is 30.3 Å². The number of pyridine rings is 1. The van der Waals surface area contributed by atoms with Gasteiger partial charge in [-0.1, -0.05) is 60.1 Å². The number of hydrogen-bond acceptors (Lipinski definition) is 10. The van der Waals surface area contributed by atoms with Crippen molar-refractivity contribution in [2.75, 3.05) is 39.3 Å². The molecule has 0 aliphatic carbocycles. The maximum absolute atomic E-state index is 13.2. The molecule has 3 atom stereocenters. The molecule has 5 aromatic rings. The van der Waals surface area contributed by atoms with Crippen molar-refractivity contribution in [3.8, 4) is 11.5 Å². The van der Waals surface area contributed by atoms with E-state index in [4.69, 9.17) is 25.8 Å². The second-order valence-electron chi connectivity index (χ2n) is 14.6. The van der Waals surface area contributed by atoms with Gasteiger partial charge in [-0.3, -0.25) is 9.69 Å². The predicted octanol–water partition coefficient (Wildman–Crippen LogP) is 6.64. The highest BCUT2D eigenvalue weighted by Crippen LogP contribution is 2.32. The molecule has 13 heteroatoms. The molecular formula is C44H47ClN4O8. The number of nitrogens with zero attached hydrogens (tertiary/aromatic N) is 1. The van der Waals surface area contributed by atoms with Crippen LogP contribution in [0.4, 0.5) is 4.79 Å². The molecule has 1 aromatic heterocycles. The number of halogens is 1. The van der Waals surface area contributed by atoms with Crippen LogP contribution in [0.2, 0.25) is 5.02 Å². The summed E-state index contributed by atoms with van der Waals surface area (Å²) in [6, 6.07) is 27.8.